The molecule has 4 aromatic rings. The van der Waals surface area contributed by atoms with E-state index in [0.29, 0.717) is 16.7 Å². The van der Waals surface area contributed by atoms with Crippen LogP contribution in [-0.2, 0) is 38.3 Å². The van der Waals surface area contributed by atoms with Gasteiger partial charge < -0.3 is 29.1 Å². The zero-order valence-electron chi connectivity index (χ0n) is 30.3. The van der Waals surface area contributed by atoms with E-state index in [1.165, 1.54) is 48.9 Å². The van der Waals surface area contributed by atoms with Crippen LogP contribution in [0.15, 0.2) is 126 Å². The minimum absolute atomic E-state index is 0.0470. The van der Waals surface area contributed by atoms with E-state index in [4.69, 9.17) is 23.8 Å². The lowest BCUT2D eigenvalue weighted by Crippen LogP contribution is -2.71. The van der Waals surface area contributed by atoms with Crippen molar-refractivity contribution in [2.75, 3.05) is 19.5 Å². The van der Waals surface area contributed by atoms with E-state index in [0.717, 1.165) is 6.92 Å². The van der Waals surface area contributed by atoms with E-state index in [1.807, 2.05) is 60.7 Å². The lowest BCUT2D eigenvalue weighted by molar-refractivity contribution is -0.154. The van der Waals surface area contributed by atoms with Gasteiger partial charge in [-0.2, -0.15) is 0 Å². The Morgan fingerprint density at radius 3 is 1.96 bits per heavy atom. The van der Waals surface area contributed by atoms with Crippen molar-refractivity contribution in [3.63, 3.8) is 0 Å². The number of hydrogen-bond acceptors (Lipinski definition) is 13. The van der Waals surface area contributed by atoms with E-state index < -0.39 is 59.8 Å². The molecule has 6 rings (SSSR count). The second-order valence-corrected chi connectivity index (χ2v) is 13.4. The first-order chi connectivity index (χ1) is 27.0. The average Bonchev–Trinajstić information content (AvgIpc) is 3.20. The van der Waals surface area contributed by atoms with E-state index in [-0.39, 0.29) is 39.8 Å². The number of carbonyl (C=O) groups is 6. The monoisotopic (exact) mass is 777 g/mol. The third-order valence-corrected chi connectivity index (χ3v) is 9.81. The fourth-order valence-electron chi connectivity index (χ4n) is 6.00. The van der Waals surface area contributed by atoms with Gasteiger partial charge in [0.1, 0.15) is 30.8 Å². The molecule has 1 N–H and O–H groups in total. The van der Waals surface area contributed by atoms with E-state index in [2.05, 4.69) is 10.5 Å². The summed E-state index contributed by atoms with van der Waals surface area (Å²) < 4.78 is 22.0. The van der Waals surface area contributed by atoms with Crippen molar-refractivity contribution in [1.82, 2.24) is 10.2 Å². The first-order valence-electron chi connectivity index (χ1n) is 17.2. The number of ether oxygens (including phenoxy) is 4. The van der Waals surface area contributed by atoms with Gasteiger partial charge in [-0.25, -0.2) is 9.59 Å². The van der Waals surface area contributed by atoms with Crippen molar-refractivity contribution in [1.29, 1.82) is 0 Å². The highest BCUT2D eigenvalue weighted by Crippen LogP contribution is 2.42. The van der Waals surface area contributed by atoms with Gasteiger partial charge in [-0.1, -0.05) is 96.2 Å². The maximum atomic E-state index is 14.4. The molecule has 15 heteroatoms. The van der Waals surface area contributed by atoms with Gasteiger partial charge in [-0.05, 0) is 29.3 Å². The lowest BCUT2D eigenvalue weighted by Gasteiger charge is -2.49. The van der Waals surface area contributed by atoms with Crippen LogP contribution in [0, 0.1) is 0 Å². The van der Waals surface area contributed by atoms with Crippen molar-refractivity contribution < 1.29 is 52.6 Å². The number of thioether (sulfide) groups is 1. The number of β-lactam (4-membered cyclic amide) rings is 1. The largest absolute Gasteiger partial charge is 0.457 e. The van der Waals surface area contributed by atoms with E-state index in [9.17, 15) is 28.8 Å². The van der Waals surface area contributed by atoms with Crippen LogP contribution in [0.25, 0.3) is 0 Å². The summed E-state index contributed by atoms with van der Waals surface area (Å²) >= 11 is 1.25. The van der Waals surface area contributed by atoms with Gasteiger partial charge in [0.05, 0.1) is 5.56 Å². The molecule has 1 saturated heterocycles. The summed E-state index contributed by atoms with van der Waals surface area (Å²) in [7, 11) is 1.30. The summed E-state index contributed by atoms with van der Waals surface area (Å²) in [6, 6.07) is 29.5. The molecule has 1 fully saturated rings. The van der Waals surface area contributed by atoms with Crippen LogP contribution in [-0.4, -0.2) is 77.2 Å². The van der Waals surface area contributed by atoms with Gasteiger partial charge in [-0.15, -0.1) is 11.8 Å². The number of nitrogens with one attached hydrogen (secondary N) is 1. The summed E-state index contributed by atoms with van der Waals surface area (Å²) in [5.41, 5.74) is 1.86. The summed E-state index contributed by atoms with van der Waals surface area (Å²) in [4.78, 5) is 84.5. The second kappa shape index (κ2) is 17.6. The van der Waals surface area contributed by atoms with Crippen LogP contribution in [0.2, 0.25) is 0 Å². The predicted octanol–water partition coefficient (Wildman–Crippen LogP) is 4.73. The number of carbonyl (C=O) groups excluding carboxylic acids is 6. The van der Waals surface area contributed by atoms with Gasteiger partial charge >= 0.3 is 23.9 Å². The number of oxime groups is 1. The summed E-state index contributed by atoms with van der Waals surface area (Å²) in [6.07, 6.45) is -0.866. The van der Waals surface area contributed by atoms with Crippen LogP contribution >= 0.6 is 11.8 Å². The topological polar surface area (TPSA) is 176 Å². The molecule has 2 amide bonds. The van der Waals surface area contributed by atoms with Crippen LogP contribution < -0.4 is 14.8 Å². The smallest absolute Gasteiger partial charge is 0.356 e. The first-order valence-corrected chi connectivity index (χ1v) is 18.2. The molecule has 56 heavy (non-hydrogen) atoms. The predicted molar refractivity (Wildman–Crippen MR) is 202 cm³/mol. The molecular weight excluding hydrogens is 743 g/mol. The van der Waals surface area contributed by atoms with Gasteiger partial charge in [-0.3, -0.25) is 24.1 Å². The van der Waals surface area contributed by atoms with Crippen LogP contribution in [0.1, 0.15) is 47.0 Å². The summed E-state index contributed by atoms with van der Waals surface area (Å²) in [5, 5.41) is 5.89. The molecule has 2 aliphatic rings. The Bertz CT molecular complexity index is 2170. The fraction of sp³-hybridized carbons (Fsp3) is 0.195. The lowest BCUT2D eigenvalue weighted by atomic mass is 10.0. The Hall–Kier alpha value is -6.74. The number of amides is 2. The molecule has 286 valence electrons. The number of hydrogen-bond donors (Lipinski definition) is 1. The van der Waals surface area contributed by atoms with Crippen molar-refractivity contribution in [3.05, 3.63) is 143 Å². The van der Waals surface area contributed by atoms with Gasteiger partial charge in [0, 0.05) is 30.7 Å². The number of nitrogens with zero attached hydrogens (tertiary/aromatic N) is 2. The van der Waals surface area contributed by atoms with Crippen LogP contribution in [0.5, 0.6) is 11.5 Å². The second-order valence-electron chi connectivity index (χ2n) is 12.3. The molecular formula is C41H35N3O11S. The SMILES string of the molecule is CON=C(C(=O)N[C@@H]1C(=O)N2C(C(=O)OC(c3ccccc3)c3ccccc3)=C(COC(=O)c3ccc(OC(C)=O)c(OC(C)=O)c3)CS[C@H]12)c1ccccc1. The molecule has 14 nitrogen and oxygen atoms in total. The highest BCUT2D eigenvalue weighted by molar-refractivity contribution is 8.00. The number of fused-ring (bicyclic) bond motifs is 1. The molecule has 0 unspecified atom stereocenters. The van der Waals surface area contributed by atoms with E-state index in [1.54, 1.807) is 30.3 Å². The van der Waals surface area contributed by atoms with E-state index >= 15 is 0 Å². The Balaban J connectivity index is 1.30. The molecule has 0 spiro atoms. The van der Waals surface area contributed by atoms with Crippen molar-refractivity contribution in [3.8, 4) is 11.5 Å². The fourth-order valence-corrected chi connectivity index (χ4v) is 7.32. The number of rotatable bonds is 13. The zero-order chi connectivity index (χ0) is 39.8. The van der Waals surface area contributed by atoms with Crippen molar-refractivity contribution in [2.24, 2.45) is 5.16 Å². The minimum atomic E-state index is -1.04. The highest BCUT2D eigenvalue weighted by atomic mass is 32.2. The Morgan fingerprint density at radius 1 is 0.786 bits per heavy atom. The molecule has 2 aliphatic heterocycles. The van der Waals surface area contributed by atoms with Gasteiger partial charge in [0.2, 0.25) is 0 Å². The maximum Gasteiger partial charge on any atom is 0.356 e. The quantitative estimate of drug-likeness (QED) is 0.0651. The van der Waals surface area contributed by atoms with Crippen LogP contribution in [0.4, 0.5) is 0 Å². The molecule has 0 aliphatic carbocycles. The first kappa shape index (κ1) is 39.0. The zero-order valence-corrected chi connectivity index (χ0v) is 31.1. The number of esters is 4. The Morgan fingerprint density at radius 2 is 1.38 bits per heavy atom. The molecule has 4 aromatic carbocycles. The molecule has 0 saturated carbocycles. The molecule has 0 bridgehead atoms. The summed E-state index contributed by atoms with van der Waals surface area (Å²) in [5.74, 6) is -4.52. The maximum absolute atomic E-state index is 14.4. The summed E-state index contributed by atoms with van der Waals surface area (Å²) in [6.45, 7) is 1.88. The standard InChI is InChI=1S/C41H35N3O11S/c1-24(45)53-31-20-19-29(21-32(31)54-25(2)46)40(49)52-22-30-23-56-39-34(42-37(47)33(43-51-3)26-13-7-4-8-14-26)38(48)44(39)35(30)41(50)55-36(27-15-9-5-10-16-27)28-17-11-6-12-18-28/h4-21,34,36,39H,22-23H2,1-3H3,(H,42,47)/t34-,39-/m1/s1. The number of benzene rings is 4. The molecule has 2 atom stereocenters. The van der Waals surface area contributed by atoms with Crippen molar-refractivity contribution >= 4 is 53.2 Å². The molecule has 0 aromatic heterocycles. The highest BCUT2D eigenvalue weighted by Gasteiger charge is 2.55. The third kappa shape index (κ3) is 8.79. The molecule has 0 radical (unpaired) electrons. The normalized spacial score (nSPS) is 16.2. The van der Waals surface area contributed by atoms with Crippen LogP contribution in [0.3, 0.4) is 0 Å². The average molecular weight is 778 g/mol. The third-order valence-electron chi connectivity index (χ3n) is 8.47. The Labute approximate surface area is 325 Å². The van der Waals surface area contributed by atoms with Crippen molar-refractivity contribution in [2.45, 2.75) is 31.4 Å². The van der Waals surface area contributed by atoms with Gasteiger partial charge in [0.25, 0.3) is 11.8 Å². The van der Waals surface area contributed by atoms with Gasteiger partial charge in [0.15, 0.2) is 23.3 Å². The molecule has 2 heterocycles. The minimum Gasteiger partial charge on any atom is -0.457 e. The Kier molecular flexibility index (Phi) is 12.2.